The molecule has 4 nitrogen and oxygen atoms in total. The number of nitriles is 1. The van der Waals surface area contributed by atoms with Crippen LogP contribution < -0.4 is 5.73 Å². The van der Waals surface area contributed by atoms with E-state index in [9.17, 15) is 4.39 Å². The Morgan fingerprint density at radius 2 is 1.71 bits per heavy atom. The van der Waals surface area contributed by atoms with Gasteiger partial charge in [0.2, 0.25) is 0 Å². The van der Waals surface area contributed by atoms with Crippen molar-refractivity contribution in [2.75, 3.05) is 5.73 Å². The summed E-state index contributed by atoms with van der Waals surface area (Å²) >= 11 is 0. The number of benzene rings is 2. The highest BCUT2D eigenvalue weighted by atomic mass is 19.1. The lowest BCUT2D eigenvalue weighted by molar-refractivity contribution is 0.628. The van der Waals surface area contributed by atoms with E-state index in [1.54, 1.807) is 35.0 Å². The zero-order valence-corrected chi connectivity index (χ0v) is 11.0. The molecular formula is C16H11FN4. The van der Waals surface area contributed by atoms with E-state index in [1.165, 1.54) is 12.1 Å². The average molecular weight is 278 g/mol. The molecule has 2 aromatic carbocycles. The second-order valence-corrected chi connectivity index (χ2v) is 4.54. The number of rotatable bonds is 2. The molecule has 3 aromatic rings. The van der Waals surface area contributed by atoms with Gasteiger partial charge in [-0.2, -0.15) is 10.4 Å². The van der Waals surface area contributed by atoms with Crippen molar-refractivity contribution in [2.45, 2.75) is 0 Å². The van der Waals surface area contributed by atoms with Crippen molar-refractivity contribution in [3.05, 3.63) is 66.1 Å². The van der Waals surface area contributed by atoms with Gasteiger partial charge in [0, 0.05) is 17.3 Å². The van der Waals surface area contributed by atoms with E-state index in [-0.39, 0.29) is 5.82 Å². The monoisotopic (exact) mass is 278 g/mol. The van der Waals surface area contributed by atoms with Gasteiger partial charge >= 0.3 is 0 Å². The van der Waals surface area contributed by atoms with E-state index in [2.05, 4.69) is 5.10 Å². The van der Waals surface area contributed by atoms with Gasteiger partial charge in [0.25, 0.3) is 0 Å². The fraction of sp³-hybridized carbons (Fsp3) is 0. The summed E-state index contributed by atoms with van der Waals surface area (Å²) in [6.45, 7) is 0. The average Bonchev–Trinajstić information content (AvgIpc) is 2.93. The van der Waals surface area contributed by atoms with Crippen LogP contribution in [0.5, 0.6) is 0 Å². The molecule has 3 rings (SSSR count). The lowest BCUT2D eigenvalue weighted by Crippen LogP contribution is -1.99. The molecule has 5 heteroatoms. The maximum absolute atomic E-state index is 13.1. The minimum Gasteiger partial charge on any atom is -0.399 e. The van der Waals surface area contributed by atoms with Crippen LogP contribution in [0, 0.1) is 17.1 Å². The quantitative estimate of drug-likeness (QED) is 0.732. The van der Waals surface area contributed by atoms with E-state index in [0.29, 0.717) is 11.4 Å². The van der Waals surface area contributed by atoms with E-state index in [0.717, 1.165) is 16.9 Å². The van der Waals surface area contributed by atoms with Crippen LogP contribution in [0.3, 0.4) is 0 Å². The van der Waals surface area contributed by atoms with Gasteiger partial charge in [0.1, 0.15) is 11.9 Å². The van der Waals surface area contributed by atoms with Gasteiger partial charge in [-0.15, -0.1) is 0 Å². The number of nitrogens with two attached hydrogens (primary N) is 1. The van der Waals surface area contributed by atoms with Crippen LogP contribution in [0.1, 0.15) is 5.69 Å². The molecule has 0 fully saturated rings. The predicted molar refractivity (Wildman–Crippen MR) is 78.1 cm³/mol. The Balaban J connectivity index is 2.16. The molecule has 1 aromatic heterocycles. The first-order valence-electron chi connectivity index (χ1n) is 6.29. The molecule has 0 aliphatic carbocycles. The molecule has 1 heterocycles. The normalized spacial score (nSPS) is 10.3. The first kappa shape index (κ1) is 12.9. The highest BCUT2D eigenvalue weighted by molar-refractivity contribution is 5.64. The number of halogens is 1. The standard InChI is InChI=1S/C16H11FN4/c17-12-3-1-11(2-4-12)16-9-14(10-18)20-21(16)15-7-5-13(19)6-8-15/h1-9H,19H2. The smallest absolute Gasteiger partial charge is 0.163 e. The van der Waals surface area contributed by atoms with E-state index < -0.39 is 0 Å². The molecule has 0 saturated heterocycles. The van der Waals surface area contributed by atoms with Crippen LogP contribution in [0.2, 0.25) is 0 Å². The van der Waals surface area contributed by atoms with Crippen LogP contribution in [-0.2, 0) is 0 Å². The van der Waals surface area contributed by atoms with Crippen LogP contribution in [-0.4, -0.2) is 9.78 Å². The topological polar surface area (TPSA) is 67.6 Å². The van der Waals surface area contributed by atoms with Crippen molar-refractivity contribution in [1.82, 2.24) is 9.78 Å². The first-order chi connectivity index (χ1) is 10.2. The summed E-state index contributed by atoms with van der Waals surface area (Å²) < 4.78 is 14.7. The van der Waals surface area contributed by atoms with Gasteiger partial charge in [-0.05, 0) is 48.5 Å². The Morgan fingerprint density at radius 1 is 1.05 bits per heavy atom. The lowest BCUT2D eigenvalue weighted by Gasteiger charge is -2.07. The lowest BCUT2D eigenvalue weighted by atomic mass is 10.1. The fourth-order valence-corrected chi connectivity index (χ4v) is 2.07. The molecule has 102 valence electrons. The maximum Gasteiger partial charge on any atom is 0.163 e. The first-order valence-corrected chi connectivity index (χ1v) is 6.29. The molecule has 0 spiro atoms. The molecule has 0 bridgehead atoms. The van der Waals surface area contributed by atoms with Crippen LogP contribution in [0.15, 0.2) is 54.6 Å². The largest absolute Gasteiger partial charge is 0.399 e. The van der Waals surface area contributed by atoms with Gasteiger partial charge in [-0.25, -0.2) is 9.07 Å². The van der Waals surface area contributed by atoms with Gasteiger partial charge < -0.3 is 5.73 Å². The fourth-order valence-electron chi connectivity index (χ4n) is 2.07. The molecule has 0 saturated carbocycles. The number of hydrogen-bond acceptors (Lipinski definition) is 3. The van der Waals surface area contributed by atoms with Gasteiger partial charge in [0.15, 0.2) is 5.69 Å². The molecular weight excluding hydrogens is 267 g/mol. The second kappa shape index (κ2) is 5.10. The SMILES string of the molecule is N#Cc1cc(-c2ccc(F)cc2)n(-c2ccc(N)cc2)n1. The van der Waals surface area contributed by atoms with Gasteiger partial charge in [-0.3, -0.25) is 0 Å². The molecule has 0 amide bonds. The number of hydrogen-bond donors (Lipinski definition) is 1. The predicted octanol–water partition coefficient (Wildman–Crippen LogP) is 3.13. The van der Waals surface area contributed by atoms with E-state index in [4.69, 9.17) is 11.0 Å². The molecule has 0 aliphatic heterocycles. The second-order valence-electron chi connectivity index (χ2n) is 4.54. The highest BCUT2D eigenvalue weighted by Crippen LogP contribution is 2.24. The molecule has 2 N–H and O–H groups in total. The highest BCUT2D eigenvalue weighted by Gasteiger charge is 2.11. The zero-order valence-electron chi connectivity index (χ0n) is 11.0. The number of anilines is 1. The summed E-state index contributed by atoms with van der Waals surface area (Å²) in [7, 11) is 0. The summed E-state index contributed by atoms with van der Waals surface area (Å²) in [6, 6.07) is 16.9. The number of aromatic nitrogens is 2. The molecule has 0 radical (unpaired) electrons. The van der Waals surface area contributed by atoms with Crippen molar-refractivity contribution in [3.8, 4) is 23.0 Å². The third kappa shape index (κ3) is 2.47. The maximum atomic E-state index is 13.1. The van der Waals surface area contributed by atoms with Crippen molar-refractivity contribution in [1.29, 1.82) is 5.26 Å². The number of nitrogen functional groups attached to an aromatic ring is 1. The third-order valence-corrected chi connectivity index (χ3v) is 3.10. The minimum absolute atomic E-state index is 0.297. The van der Waals surface area contributed by atoms with E-state index >= 15 is 0 Å². The van der Waals surface area contributed by atoms with Crippen molar-refractivity contribution in [2.24, 2.45) is 0 Å². The van der Waals surface area contributed by atoms with Crippen LogP contribution >= 0.6 is 0 Å². The summed E-state index contributed by atoms with van der Waals surface area (Å²) in [5.41, 5.74) is 8.90. The van der Waals surface area contributed by atoms with Crippen molar-refractivity contribution < 1.29 is 4.39 Å². The Bertz CT molecular complexity index is 748. The van der Waals surface area contributed by atoms with Crippen LogP contribution in [0.4, 0.5) is 10.1 Å². The molecule has 0 unspecified atom stereocenters. The molecule has 21 heavy (non-hydrogen) atoms. The summed E-state index contributed by atoms with van der Waals surface area (Å²) in [5.74, 6) is -0.308. The molecule has 0 aliphatic rings. The molecule has 0 atom stereocenters. The summed E-state index contributed by atoms with van der Waals surface area (Å²) in [5, 5.41) is 13.3. The summed E-state index contributed by atoms with van der Waals surface area (Å²) in [4.78, 5) is 0. The Morgan fingerprint density at radius 3 is 2.33 bits per heavy atom. The minimum atomic E-state index is -0.308. The van der Waals surface area contributed by atoms with Gasteiger partial charge in [0.05, 0.1) is 11.4 Å². The van der Waals surface area contributed by atoms with Crippen molar-refractivity contribution >= 4 is 5.69 Å². The van der Waals surface area contributed by atoms with Crippen molar-refractivity contribution in [3.63, 3.8) is 0 Å². The van der Waals surface area contributed by atoms with Gasteiger partial charge in [-0.1, -0.05) is 0 Å². The Labute approximate surface area is 120 Å². The Hall–Kier alpha value is -3.13. The Kier molecular flexibility index (Phi) is 3.13. The third-order valence-electron chi connectivity index (χ3n) is 3.10. The zero-order chi connectivity index (χ0) is 14.8. The summed E-state index contributed by atoms with van der Waals surface area (Å²) in [6.07, 6.45) is 0. The van der Waals surface area contributed by atoms with Crippen LogP contribution in [0.25, 0.3) is 16.9 Å². The van der Waals surface area contributed by atoms with E-state index in [1.807, 2.05) is 18.2 Å². The number of nitrogens with zero attached hydrogens (tertiary/aromatic N) is 3.